The van der Waals surface area contributed by atoms with E-state index in [0.29, 0.717) is 0 Å². The molecule has 1 aromatic heterocycles. The maximum Gasteiger partial charge on any atom is 0.220 e. The van der Waals surface area contributed by atoms with E-state index in [1.807, 2.05) is 0 Å². The molecule has 1 aliphatic carbocycles. The van der Waals surface area contributed by atoms with Gasteiger partial charge < -0.3 is 0 Å². The topological polar surface area (TPSA) is 3.88 Å². The summed E-state index contributed by atoms with van der Waals surface area (Å²) in [7, 11) is 2.17. The van der Waals surface area contributed by atoms with Crippen molar-refractivity contribution in [2.24, 2.45) is 7.05 Å². The third-order valence-electron chi connectivity index (χ3n) is 6.06. The zero-order chi connectivity index (χ0) is 17.6. The van der Waals surface area contributed by atoms with Crippen molar-refractivity contribution in [3.05, 3.63) is 64.8 Å². The zero-order valence-electron chi connectivity index (χ0n) is 15.9. The molecule has 0 unspecified atom stereocenters. The lowest BCUT2D eigenvalue weighted by atomic mass is 9.91. The number of hydrogen-bond donors (Lipinski definition) is 0. The van der Waals surface area contributed by atoms with Crippen molar-refractivity contribution < 1.29 is 4.57 Å². The van der Waals surface area contributed by atoms with Gasteiger partial charge in [-0.3, -0.25) is 0 Å². The third kappa shape index (κ3) is 2.86. The van der Waals surface area contributed by atoms with Gasteiger partial charge in [-0.1, -0.05) is 36.6 Å². The van der Waals surface area contributed by atoms with Crippen LogP contribution in [0.2, 0.25) is 0 Å². The van der Waals surface area contributed by atoms with Crippen LogP contribution in [0, 0.1) is 20.8 Å². The quantitative estimate of drug-likeness (QED) is 0.514. The molecule has 0 aliphatic heterocycles. The molecule has 1 saturated carbocycles. The van der Waals surface area contributed by atoms with Gasteiger partial charge in [-0.2, -0.15) is 0 Å². The maximum atomic E-state index is 2.47. The smallest absolute Gasteiger partial charge is 0.200 e. The first-order valence-corrected chi connectivity index (χ1v) is 9.55. The molecule has 2 aromatic carbocycles. The number of aryl methyl sites for hydroxylation is 3. The molecule has 0 spiro atoms. The van der Waals surface area contributed by atoms with Crippen molar-refractivity contribution in [3.8, 4) is 11.3 Å². The van der Waals surface area contributed by atoms with Gasteiger partial charge in [0.05, 0.1) is 10.9 Å². The van der Waals surface area contributed by atoms with E-state index in [0.717, 1.165) is 5.92 Å². The SMILES string of the molecule is Cc1cc(C)c(C)c(-c2c3cc(C4CCCC4)ccc3cc[n+]2C)c1. The molecule has 1 heteroatoms. The Bertz CT molecular complexity index is 946. The van der Waals surface area contributed by atoms with E-state index in [4.69, 9.17) is 0 Å². The Hall–Kier alpha value is -2.15. The van der Waals surface area contributed by atoms with Gasteiger partial charge in [0.25, 0.3) is 0 Å². The largest absolute Gasteiger partial charge is 0.220 e. The van der Waals surface area contributed by atoms with Crippen molar-refractivity contribution in [2.75, 3.05) is 0 Å². The van der Waals surface area contributed by atoms with Crippen LogP contribution in [0.3, 0.4) is 0 Å². The van der Waals surface area contributed by atoms with Crippen LogP contribution < -0.4 is 4.57 Å². The highest BCUT2D eigenvalue weighted by Crippen LogP contribution is 2.37. The summed E-state index contributed by atoms with van der Waals surface area (Å²) >= 11 is 0. The van der Waals surface area contributed by atoms with Gasteiger partial charge in [-0.05, 0) is 73.7 Å². The maximum absolute atomic E-state index is 2.47. The Labute approximate surface area is 151 Å². The highest BCUT2D eigenvalue weighted by atomic mass is 14.9. The average Bonchev–Trinajstić information content (AvgIpc) is 3.12. The second-order valence-corrected chi connectivity index (χ2v) is 7.86. The van der Waals surface area contributed by atoms with Gasteiger partial charge in [0.15, 0.2) is 6.20 Å². The summed E-state index contributed by atoms with van der Waals surface area (Å²) in [6, 6.07) is 14.0. The lowest BCUT2D eigenvalue weighted by molar-refractivity contribution is -0.659. The average molecular weight is 330 g/mol. The number of nitrogens with zero attached hydrogens (tertiary/aromatic N) is 1. The summed E-state index contributed by atoms with van der Waals surface area (Å²) < 4.78 is 2.29. The number of aromatic nitrogens is 1. The molecule has 0 atom stereocenters. The third-order valence-corrected chi connectivity index (χ3v) is 6.06. The molecule has 128 valence electrons. The van der Waals surface area contributed by atoms with Gasteiger partial charge in [-0.25, -0.2) is 4.57 Å². The second kappa shape index (κ2) is 6.29. The summed E-state index contributed by atoms with van der Waals surface area (Å²) in [6.07, 6.45) is 7.66. The van der Waals surface area contributed by atoms with E-state index in [1.54, 1.807) is 0 Å². The van der Waals surface area contributed by atoms with Gasteiger partial charge in [0, 0.05) is 6.07 Å². The number of hydrogen-bond acceptors (Lipinski definition) is 0. The summed E-state index contributed by atoms with van der Waals surface area (Å²) in [5.41, 5.74) is 8.34. The van der Waals surface area contributed by atoms with E-state index in [1.165, 1.54) is 70.0 Å². The van der Waals surface area contributed by atoms with Crippen LogP contribution in [0.1, 0.15) is 53.9 Å². The first-order valence-electron chi connectivity index (χ1n) is 9.55. The van der Waals surface area contributed by atoms with E-state index < -0.39 is 0 Å². The van der Waals surface area contributed by atoms with Crippen molar-refractivity contribution in [1.82, 2.24) is 0 Å². The molecular formula is C24H28N+. The highest BCUT2D eigenvalue weighted by Gasteiger charge is 2.21. The molecule has 0 saturated heterocycles. The molecule has 1 nitrogen and oxygen atoms in total. The monoisotopic (exact) mass is 330 g/mol. The van der Waals surface area contributed by atoms with Gasteiger partial charge in [0.2, 0.25) is 5.69 Å². The molecule has 1 fully saturated rings. The molecular weight excluding hydrogens is 302 g/mol. The summed E-state index contributed by atoms with van der Waals surface area (Å²) in [6.45, 7) is 6.68. The van der Waals surface area contributed by atoms with Crippen molar-refractivity contribution in [2.45, 2.75) is 52.4 Å². The van der Waals surface area contributed by atoms with Crippen molar-refractivity contribution in [3.63, 3.8) is 0 Å². The van der Waals surface area contributed by atoms with E-state index in [-0.39, 0.29) is 0 Å². The molecule has 4 rings (SSSR count). The Kier molecular flexibility index (Phi) is 4.11. The van der Waals surface area contributed by atoms with Crippen LogP contribution in [-0.4, -0.2) is 0 Å². The zero-order valence-corrected chi connectivity index (χ0v) is 15.9. The lowest BCUT2D eigenvalue weighted by Crippen LogP contribution is -2.31. The fourth-order valence-electron chi connectivity index (χ4n) is 4.51. The Morgan fingerprint density at radius 1 is 0.920 bits per heavy atom. The summed E-state index contributed by atoms with van der Waals surface area (Å²) in [5.74, 6) is 0.753. The van der Waals surface area contributed by atoms with E-state index >= 15 is 0 Å². The van der Waals surface area contributed by atoms with E-state index in [9.17, 15) is 0 Å². The van der Waals surface area contributed by atoms with Crippen LogP contribution in [-0.2, 0) is 7.05 Å². The highest BCUT2D eigenvalue weighted by molar-refractivity contribution is 5.94. The van der Waals surface area contributed by atoms with Crippen LogP contribution in [0.4, 0.5) is 0 Å². The first kappa shape index (κ1) is 16.3. The van der Waals surface area contributed by atoms with Crippen LogP contribution in [0.5, 0.6) is 0 Å². The summed E-state index contributed by atoms with van der Waals surface area (Å²) in [4.78, 5) is 0. The lowest BCUT2D eigenvalue weighted by Gasteiger charge is -2.14. The van der Waals surface area contributed by atoms with Gasteiger partial charge in [0.1, 0.15) is 7.05 Å². The molecule has 0 bridgehead atoms. The predicted molar refractivity (Wildman–Crippen MR) is 106 cm³/mol. The second-order valence-electron chi connectivity index (χ2n) is 7.86. The normalized spacial score (nSPS) is 15.2. The van der Waals surface area contributed by atoms with Gasteiger partial charge in [-0.15, -0.1) is 0 Å². The molecule has 25 heavy (non-hydrogen) atoms. The standard InChI is InChI=1S/C24H28N/c1-16-13-17(2)18(3)22(14-16)24-23-15-21(19-7-5-6-8-19)10-9-20(23)11-12-25(24)4/h9-15,19H,5-8H2,1-4H3/q+1. The molecule has 0 radical (unpaired) electrons. The van der Waals surface area contributed by atoms with Crippen molar-refractivity contribution >= 4 is 10.8 Å². The number of benzene rings is 2. The van der Waals surface area contributed by atoms with Crippen molar-refractivity contribution in [1.29, 1.82) is 0 Å². The molecule has 1 aliphatic rings. The fraction of sp³-hybridized carbons (Fsp3) is 0.375. The number of pyridine rings is 1. The summed E-state index contributed by atoms with van der Waals surface area (Å²) in [5, 5.41) is 2.73. The first-order chi connectivity index (χ1) is 12.0. The number of rotatable bonds is 2. The minimum atomic E-state index is 0.753. The Morgan fingerprint density at radius 3 is 2.44 bits per heavy atom. The predicted octanol–water partition coefficient (Wildman–Crippen LogP) is 5.91. The molecule has 0 amide bonds. The van der Waals surface area contributed by atoms with Gasteiger partial charge >= 0.3 is 0 Å². The molecule has 0 N–H and O–H groups in total. The molecule has 1 heterocycles. The minimum Gasteiger partial charge on any atom is -0.200 e. The Balaban J connectivity index is 1.99. The van der Waals surface area contributed by atoms with Crippen LogP contribution in [0.15, 0.2) is 42.6 Å². The fourth-order valence-corrected chi connectivity index (χ4v) is 4.51. The Morgan fingerprint density at radius 2 is 1.68 bits per heavy atom. The number of fused-ring (bicyclic) bond motifs is 1. The van der Waals surface area contributed by atoms with E-state index in [2.05, 4.69) is 75.0 Å². The minimum absolute atomic E-state index is 0.753. The van der Waals surface area contributed by atoms with Crippen LogP contribution in [0.25, 0.3) is 22.0 Å². The van der Waals surface area contributed by atoms with Crippen LogP contribution >= 0.6 is 0 Å². The molecule has 3 aromatic rings.